The summed E-state index contributed by atoms with van der Waals surface area (Å²) in [6.45, 7) is 0. The normalized spacial score (nSPS) is 11.7. The Morgan fingerprint density at radius 2 is 0.814 bits per heavy atom. The number of H-pyrrole nitrogens is 2. The van der Waals surface area contributed by atoms with E-state index in [-0.39, 0.29) is 31.0 Å². The van der Waals surface area contributed by atoms with Gasteiger partial charge in [-0.15, -0.1) is 0 Å². The van der Waals surface area contributed by atoms with Gasteiger partial charge in [0.2, 0.25) is 0 Å². The van der Waals surface area contributed by atoms with Crippen molar-refractivity contribution in [3.63, 3.8) is 0 Å². The van der Waals surface area contributed by atoms with Crippen molar-refractivity contribution in [3.05, 3.63) is 84.9 Å². The number of nitrogens with one attached hydrogen (secondary N) is 2. The molecule has 0 fully saturated rings. The van der Waals surface area contributed by atoms with E-state index in [1.165, 1.54) is 6.07 Å². The maximum absolute atomic E-state index is 10.9. The zero-order chi connectivity index (χ0) is 27.9. The van der Waals surface area contributed by atoms with Crippen LogP contribution in [-0.4, -0.2) is 50.1 Å². The van der Waals surface area contributed by atoms with Crippen LogP contribution < -0.4 is 0 Å². The van der Waals surface area contributed by atoms with Crippen molar-refractivity contribution in [1.29, 1.82) is 0 Å². The number of benzene rings is 4. The largest absolute Gasteiger partial charge is 0.504 e. The molecule has 0 radical (unpaired) electrons. The molecule has 4 N–H and O–H groups in total. The molecule has 0 saturated heterocycles. The Kier molecular flexibility index (Phi) is 5.41. The van der Waals surface area contributed by atoms with Crippen molar-refractivity contribution >= 4 is 44.1 Å². The van der Waals surface area contributed by atoms with Crippen LogP contribution in [0.3, 0.4) is 0 Å². The van der Waals surface area contributed by atoms with E-state index in [1.54, 1.807) is 6.07 Å². The minimum Gasteiger partial charge on any atom is -0.504 e. The summed E-state index contributed by atoms with van der Waals surface area (Å²) < 4.78 is 0. The first-order chi connectivity index (χ1) is 20.6. The SMILES string of the molecule is Oc1ccc2c3nc4nc(nc5[nH]c(nc6nc(nc([nH]3)c2c1O)-c1ccccc1-6)c1ccccc51)-c1ccccc1-4.[Ru]. The van der Waals surface area contributed by atoms with Gasteiger partial charge in [0.25, 0.3) is 0 Å². The Balaban J connectivity index is 0.00000278. The number of phenols is 2. The van der Waals surface area contributed by atoms with Crippen LogP contribution in [0.1, 0.15) is 0 Å². The van der Waals surface area contributed by atoms with Crippen LogP contribution in [0.4, 0.5) is 0 Å². The molecule has 11 heteroatoms. The Morgan fingerprint density at radius 3 is 1.30 bits per heavy atom. The van der Waals surface area contributed by atoms with Crippen molar-refractivity contribution in [2.75, 3.05) is 0 Å². The van der Waals surface area contributed by atoms with E-state index >= 15 is 0 Å². The van der Waals surface area contributed by atoms with Crippen LogP contribution in [0.5, 0.6) is 11.5 Å². The molecule has 2 aliphatic rings. The van der Waals surface area contributed by atoms with Gasteiger partial charge in [-0.25, -0.2) is 29.9 Å². The summed E-state index contributed by atoms with van der Waals surface area (Å²) in [5.41, 5.74) is 5.23. The molecule has 7 aromatic rings. The summed E-state index contributed by atoms with van der Waals surface area (Å²) in [4.78, 5) is 36.0. The number of rotatable bonds is 0. The van der Waals surface area contributed by atoms with E-state index < -0.39 is 0 Å². The van der Waals surface area contributed by atoms with Crippen molar-refractivity contribution < 1.29 is 29.7 Å². The van der Waals surface area contributed by atoms with Crippen LogP contribution in [0.25, 0.3) is 89.7 Å². The maximum atomic E-state index is 10.9. The Morgan fingerprint density at radius 1 is 0.419 bits per heavy atom. The Labute approximate surface area is 255 Å². The molecule has 5 heterocycles. The van der Waals surface area contributed by atoms with E-state index in [4.69, 9.17) is 29.9 Å². The van der Waals surface area contributed by atoms with Crippen LogP contribution in [0.2, 0.25) is 0 Å². The van der Waals surface area contributed by atoms with Gasteiger partial charge < -0.3 is 20.2 Å². The van der Waals surface area contributed by atoms with Gasteiger partial charge in [-0.1, -0.05) is 72.8 Å². The molecule has 0 aliphatic carbocycles. The Bertz CT molecular complexity index is 2460. The van der Waals surface area contributed by atoms with Crippen molar-refractivity contribution in [1.82, 2.24) is 39.9 Å². The number of nitrogens with zero attached hydrogens (tertiary/aromatic N) is 6. The van der Waals surface area contributed by atoms with Gasteiger partial charge in [0.1, 0.15) is 22.6 Å². The molecular formula is C32H18N8O2Ru. The number of aromatic hydroxyl groups is 2. The molecule has 3 aromatic heterocycles. The summed E-state index contributed by atoms with van der Waals surface area (Å²) in [5, 5.41) is 24.0. The van der Waals surface area contributed by atoms with Gasteiger partial charge in [-0.05, 0) is 12.1 Å². The fraction of sp³-hybridized carbons (Fsp3) is 0. The topological polar surface area (TPSA) is 149 Å². The molecule has 0 unspecified atom stereocenters. The molecule has 0 atom stereocenters. The van der Waals surface area contributed by atoms with Crippen LogP contribution in [-0.2, 0) is 19.5 Å². The predicted octanol–water partition coefficient (Wildman–Crippen LogP) is 6.28. The smallest absolute Gasteiger partial charge is 0.169 e. The molecule has 0 amide bonds. The molecule has 0 spiro atoms. The number of phenolic OH excluding ortho intramolecular Hbond substituents is 2. The van der Waals surface area contributed by atoms with Crippen molar-refractivity contribution in [3.8, 4) is 57.1 Å². The molecule has 8 bridgehead atoms. The third-order valence-corrected chi connectivity index (χ3v) is 7.67. The number of hydrogen-bond donors (Lipinski definition) is 4. The molecule has 43 heavy (non-hydrogen) atoms. The Hall–Kier alpha value is -5.54. The van der Waals surface area contributed by atoms with E-state index in [1.807, 2.05) is 72.8 Å². The summed E-state index contributed by atoms with van der Waals surface area (Å²) in [7, 11) is 0. The zero-order valence-corrected chi connectivity index (χ0v) is 23.8. The summed E-state index contributed by atoms with van der Waals surface area (Å²) >= 11 is 0. The van der Waals surface area contributed by atoms with Gasteiger partial charge >= 0.3 is 0 Å². The molecule has 0 saturated carbocycles. The first kappa shape index (κ1) is 25.2. The van der Waals surface area contributed by atoms with Crippen LogP contribution in [0.15, 0.2) is 84.9 Å². The molecule has 10 nitrogen and oxygen atoms in total. The zero-order valence-electron chi connectivity index (χ0n) is 22.0. The standard InChI is InChI=1S/C32H18N8O2.Ru/c41-22-14-13-21-23(24(22)42)32-39-30-20-12-6-5-11-19(20)28(37-30)35-26-16-8-2-1-7-15(16)25(33-26)34-27-17-9-3-4-10-18(17)29(36-27)38-31(21)40-32;/h1-14,41-42H,(H2,33,34,35,36,37,38,39,40);. The number of fused-ring (bicyclic) bond motifs is 20. The second-order valence-corrected chi connectivity index (χ2v) is 10.1. The first-order valence-electron chi connectivity index (χ1n) is 13.3. The fourth-order valence-corrected chi connectivity index (χ4v) is 5.70. The van der Waals surface area contributed by atoms with Gasteiger partial charge in [-0.2, -0.15) is 0 Å². The van der Waals surface area contributed by atoms with Crippen molar-refractivity contribution in [2.45, 2.75) is 0 Å². The minimum absolute atomic E-state index is 0. The fourth-order valence-electron chi connectivity index (χ4n) is 5.70. The third-order valence-electron chi connectivity index (χ3n) is 7.67. The molecular weight excluding hydrogens is 629 g/mol. The average Bonchev–Trinajstić information content (AvgIpc) is 3.74. The quantitative estimate of drug-likeness (QED) is 0.111. The van der Waals surface area contributed by atoms with Crippen LogP contribution >= 0.6 is 0 Å². The van der Waals surface area contributed by atoms with Gasteiger partial charge in [0, 0.05) is 57.9 Å². The second kappa shape index (κ2) is 9.24. The number of aromatic amines is 2. The van der Waals surface area contributed by atoms with E-state index in [0.29, 0.717) is 56.7 Å². The average molecular weight is 648 g/mol. The minimum atomic E-state index is -0.302. The molecule has 4 aromatic carbocycles. The van der Waals surface area contributed by atoms with Gasteiger partial charge in [0.05, 0.1) is 5.39 Å². The summed E-state index contributed by atoms with van der Waals surface area (Å²) in [6.07, 6.45) is 0. The number of aromatic nitrogens is 8. The molecule has 206 valence electrons. The monoisotopic (exact) mass is 648 g/mol. The summed E-state index contributed by atoms with van der Waals surface area (Å²) in [6, 6.07) is 26.5. The van der Waals surface area contributed by atoms with Gasteiger partial charge in [0.15, 0.2) is 34.8 Å². The van der Waals surface area contributed by atoms with E-state index in [0.717, 1.165) is 33.0 Å². The van der Waals surface area contributed by atoms with E-state index in [2.05, 4.69) is 9.97 Å². The van der Waals surface area contributed by atoms with Crippen LogP contribution in [0, 0.1) is 0 Å². The van der Waals surface area contributed by atoms with Gasteiger partial charge in [-0.3, -0.25) is 0 Å². The number of hydrogen-bond acceptors (Lipinski definition) is 8. The van der Waals surface area contributed by atoms with Crippen molar-refractivity contribution in [2.24, 2.45) is 0 Å². The molecule has 2 aliphatic heterocycles. The predicted molar refractivity (Wildman–Crippen MR) is 159 cm³/mol. The van der Waals surface area contributed by atoms with E-state index in [9.17, 15) is 10.2 Å². The molecule has 9 rings (SSSR count). The summed E-state index contributed by atoms with van der Waals surface area (Å²) in [5.74, 6) is 1.30. The second-order valence-electron chi connectivity index (χ2n) is 10.1. The maximum Gasteiger partial charge on any atom is 0.169 e. The first-order valence-corrected chi connectivity index (χ1v) is 13.3. The third kappa shape index (κ3) is 3.68.